The Morgan fingerprint density at radius 2 is 2.36 bits per heavy atom. The van der Waals surface area contributed by atoms with E-state index in [9.17, 15) is 0 Å². The van der Waals surface area contributed by atoms with Crippen molar-refractivity contribution in [3.05, 3.63) is 24.5 Å². The third-order valence-electron chi connectivity index (χ3n) is 1.38. The number of thiocarbonyl (C=S) groups is 1. The highest BCUT2D eigenvalue weighted by Crippen LogP contribution is 2.15. The first-order chi connectivity index (χ1) is 6.86. The smallest absolute Gasteiger partial charge is 0.106 e. The highest BCUT2D eigenvalue weighted by molar-refractivity contribution is 8.00. The van der Waals surface area contributed by atoms with Crippen LogP contribution in [0.25, 0.3) is 0 Å². The summed E-state index contributed by atoms with van der Waals surface area (Å²) in [6, 6.07) is 3.89. The largest absolute Gasteiger partial charge is 0.399 e. The summed E-state index contributed by atoms with van der Waals surface area (Å²) in [4.78, 5) is 9.72. The number of oxime groups is 1. The van der Waals surface area contributed by atoms with Crippen molar-refractivity contribution in [3.63, 3.8) is 0 Å². The third-order valence-corrected chi connectivity index (χ3v) is 2.70. The van der Waals surface area contributed by atoms with Crippen LogP contribution in [0, 0.1) is 0 Å². The summed E-state index contributed by atoms with van der Waals surface area (Å²) < 4.78 is 0. The molecular weight excluding hydrogens is 216 g/mol. The first-order valence-electron chi connectivity index (χ1n) is 3.95. The van der Waals surface area contributed by atoms with Crippen LogP contribution >= 0.6 is 24.0 Å². The van der Waals surface area contributed by atoms with Crippen molar-refractivity contribution >= 4 is 35.1 Å². The van der Waals surface area contributed by atoms with Gasteiger partial charge in [0.25, 0.3) is 0 Å². The molecule has 0 aromatic carbocycles. The Hall–Kier alpha value is -0.940. The molecular formula is C9H10N2OS2. The summed E-state index contributed by atoms with van der Waals surface area (Å²) >= 11 is 6.44. The molecule has 0 aliphatic carbocycles. The van der Waals surface area contributed by atoms with E-state index in [-0.39, 0.29) is 0 Å². The summed E-state index contributed by atoms with van der Waals surface area (Å²) in [5.74, 6) is 0.710. The molecule has 1 aromatic rings. The fraction of sp³-hybridized carbons (Fsp3) is 0.222. The maximum atomic E-state index is 4.79. The topological polar surface area (TPSA) is 34.5 Å². The second kappa shape index (κ2) is 6.50. The lowest BCUT2D eigenvalue weighted by atomic mass is 10.5. The van der Waals surface area contributed by atoms with Crippen molar-refractivity contribution in [1.29, 1.82) is 0 Å². The molecule has 0 aliphatic heterocycles. The fourth-order valence-electron chi connectivity index (χ4n) is 0.791. The highest BCUT2D eigenvalue weighted by atomic mass is 32.2. The van der Waals surface area contributed by atoms with Crippen LogP contribution in [0.4, 0.5) is 0 Å². The van der Waals surface area contributed by atoms with E-state index in [1.807, 2.05) is 12.1 Å². The number of hydrogen-bond donors (Lipinski definition) is 0. The van der Waals surface area contributed by atoms with Crippen molar-refractivity contribution in [3.8, 4) is 0 Å². The zero-order valence-corrected chi connectivity index (χ0v) is 9.35. The van der Waals surface area contributed by atoms with Gasteiger partial charge in [-0.3, -0.25) is 4.98 Å². The van der Waals surface area contributed by atoms with Gasteiger partial charge in [-0.2, -0.15) is 0 Å². The van der Waals surface area contributed by atoms with Crippen molar-refractivity contribution in [1.82, 2.24) is 4.98 Å². The van der Waals surface area contributed by atoms with Crippen LogP contribution in [0.2, 0.25) is 0 Å². The van der Waals surface area contributed by atoms with Crippen LogP contribution in [0.5, 0.6) is 0 Å². The Kier molecular flexibility index (Phi) is 5.17. The van der Waals surface area contributed by atoms with Gasteiger partial charge in [-0.1, -0.05) is 17.4 Å². The third kappa shape index (κ3) is 3.85. The zero-order chi connectivity index (χ0) is 10.2. The minimum absolute atomic E-state index is 0.710. The molecule has 0 N–H and O–H groups in total. The number of hydrogen-bond acceptors (Lipinski definition) is 5. The maximum absolute atomic E-state index is 4.79. The van der Waals surface area contributed by atoms with Gasteiger partial charge < -0.3 is 4.84 Å². The molecule has 1 heterocycles. The quantitative estimate of drug-likeness (QED) is 0.333. The van der Waals surface area contributed by atoms with Gasteiger partial charge in [-0.15, -0.1) is 11.8 Å². The highest BCUT2D eigenvalue weighted by Gasteiger charge is 1.98. The van der Waals surface area contributed by atoms with E-state index in [1.54, 1.807) is 24.2 Å². The molecule has 0 bridgehead atoms. The first-order valence-corrected chi connectivity index (χ1v) is 5.40. The molecule has 0 atom stereocenters. The van der Waals surface area contributed by atoms with Crippen molar-refractivity contribution in [2.45, 2.75) is 4.90 Å². The molecule has 74 valence electrons. The molecule has 0 radical (unpaired) electrons. The van der Waals surface area contributed by atoms with Crippen LogP contribution in [0.15, 0.2) is 34.6 Å². The zero-order valence-electron chi connectivity index (χ0n) is 7.71. The van der Waals surface area contributed by atoms with Crippen LogP contribution in [-0.2, 0) is 4.84 Å². The van der Waals surface area contributed by atoms with Crippen molar-refractivity contribution in [2.75, 3.05) is 12.9 Å². The van der Waals surface area contributed by atoms with Crippen LogP contribution in [0.3, 0.4) is 0 Å². The molecule has 0 aliphatic rings. The molecule has 0 saturated carbocycles. The van der Waals surface area contributed by atoms with Crippen LogP contribution in [0.1, 0.15) is 0 Å². The molecule has 0 unspecified atom stereocenters. The van der Waals surface area contributed by atoms with Crippen LogP contribution in [-0.4, -0.2) is 28.9 Å². The van der Waals surface area contributed by atoms with Gasteiger partial charge in [-0.05, 0) is 12.1 Å². The van der Waals surface area contributed by atoms with Gasteiger partial charge >= 0.3 is 0 Å². The van der Waals surface area contributed by atoms with Gasteiger partial charge in [-0.25, -0.2) is 0 Å². The average Bonchev–Trinajstić information content (AvgIpc) is 2.25. The first kappa shape index (κ1) is 11.1. The van der Waals surface area contributed by atoms with Crippen LogP contribution < -0.4 is 0 Å². The number of thioether (sulfide) groups is 1. The Morgan fingerprint density at radius 1 is 1.64 bits per heavy atom. The van der Waals surface area contributed by atoms with Gasteiger partial charge in [0.15, 0.2) is 0 Å². The summed E-state index contributed by atoms with van der Waals surface area (Å²) in [5, 5.41) is 5.30. The summed E-state index contributed by atoms with van der Waals surface area (Å²) in [5.41, 5.74) is 0.754. The lowest BCUT2D eigenvalue weighted by Gasteiger charge is -1.99. The van der Waals surface area contributed by atoms with Gasteiger partial charge in [0.1, 0.15) is 12.8 Å². The van der Waals surface area contributed by atoms with E-state index in [1.165, 1.54) is 12.5 Å². The van der Waals surface area contributed by atoms with Gasteiger partial charge in [0, 0.05) is 28.4 Å². The Balaban J connectivity index is 2.48. The van der Waals surface area contributed by atoms with Gasteiger partial charge in [0.05, 0.1) is 0 Å². The molecule has 1 aromatic heterocycles. The van der Waals surface area contributed by atoms with E-state index in [0.717, 1.165) is 10.6 Å². The maximum Gasteiger partial charge on any atom is 0.106 e. The van der Waals surface area contributed by atoms with Gasteiger partial charge in [0.2, 0.25) is 0 Å². The van der Waals surface area contributed by atoms with Crippen molar-refractivity contribution in [2.24, 2.45) is 5.16 Å². The fourth-order valence-corrected chi connectivity index (χ4v) is 1.79. The molecule has 0 fully saturated rings. The Labute approximate surface area is 92.6 Å². The second-order valence-electron chi connectivity index (χ2n) is 2.35. The predicted molar refractivity (Wildman–Crippen MR) is 63.1 cm³/mol. The summed E-state index contributed by atoms with van der Waals surface area (Å²) in [6.45, 7) is 0. The Morgan fingerprint density at radius 3 is 2.93 bits per heavy atom. The number of nitrogens with zero attached hydrogens (tertiary/aromatic N) is 2. The molecule has 3 nitrogen and oxygen atoms in total. The van der Waals surface area contributed by atoms with E-state index in [4.69, 9.17) is 12.2 Å². The summed E-state index contributed by atoms with van der Waals surface area (Å²) in [7, 11) is 1.51. The molecule has 14 heavy (non-hydrogen) atoms. The minimum atomic E-state index is 0.710. The molecule has 0 spiro atoms. The lowest BCUT2D eigenvalue weighted by molar-refractivity contribution is 0.214. The lowest BCUT2D eigenvalue weighted by Crippen LogP contribution is -2.02. The van der Waals surface area contributed by atoms with E-state index in [2.05, 4.69) is 15.0 Å². The number of aromatic nitrogens is 1. The van der Waals surface area contributed by atoms with Crippen molar-refractivity contribution < 1.29 is 4.84 Å². The predicted octanol–water partition coefficient (Wildman–Crippen LogP) is 2.18. The molecule has 5 heteroatoms. The van der Waals surface area contributed by atoms with E-state index >= 15 is 0 Å². The molecule has 0 amide bonds. The molecule has 0 saturated heterocycles. The molecule has 1 rings (SSSR count). The monoisotopic (exact) mass is 226 g/mol. The number of pyridine rings is 1. The average molecular weight is 226 g/mol. The van der Waals surface area contributed by atoms with E-state index in [0.29, 0.717) is 5.75 Å². The Bertz CT molecular complexity index is 314. The normalized spacial score (nSPS) is 11.1. The minimum Gasteiger partial charge on any atom is -0.399 e. The summed E-state index contributed by atoms with van der Waals surface area (Å²) in [6.07, 6.45) is 3.51. The second-order valence-corrected chi connectivity index (χ2v) is 3.64. The number of rotatable bonds is 5. The standard InChI is InChI=1S/C9H10N2OS2/c1-12-11-8(6-13)7-14-9-2-4-10-5-3-9/h2-6H,7H2,1H3. The van der Waals surface area contributed by atoms with E-state index < -0.39 is 0 Å². The SMILES string of the molecule is CON=C(C=S)CSc1ccncc1.